The first-order chi connectivity index (χ1) is 13.3. The maximum Gasteiger partial charge on any atom is 0.0991 e. The summed E-state index contributed by atoms with van der Waals surface area (Å²) in [7, 11) is 0. The van der Waals surface area contributed by atoms with Crippen molar-refractivity contribution < 1.29 is 0 Å². The number of anilines is 1. The van der Waals surface area contributed by atoms with E-state index in [1.165, 1.54) is 27.9 Å². The predicted octanol–water partition coefficient (Wildman–Crippen LogP) is 5.44. The topological polar surface area (TPSA) is 27.0 Å². The van der Waals surface area contributed by atoms with Crippen LogP contribution in [0, 0.1) is 11.3 Å². The summed E-state index contributed by atoms with van der Waals surface area (Å²) in [5.74, 6) is 0.748. The Morgan fingerprint density at radius 1 is 0.741 bits per heavy atom. The van der Waals surface area contributed by atoms with Crippen molar-refractivity contribution in [3.05, 3.63) is 101 Å². The van der Waals surface area contributed by atoms with Gasteiger partial charge in [0.2, 0.25) is 0 Å². The highest BCUT2D eigenvalue weighted by Gasteiger charge is 2.34. The predicted molar refractivity (Wildman–Crippen MR) is 109 cm³/mol. The molecule has 2 aliphatic rings. The van der Waals surface area contributed by atoms with Gasteiger partial charge in [0.15, 0.2) is 0 Å². The van der Waals surface area contributed by atoms with E-state index in [9.17, 15) is 5.26 Å². The number of rotatable bonds is 2. The van der Waals surface area contributed by atoms with Crippen LogP contribution in [0.1, 0.15) is 52.5 Å². The van der Waals surface area contributed by atoms with E-state index in [1.54, 1.807) is 0 Å². The molecule has 132 valence electrons. The number of hydrogen-bond donors (Lipinski definition) is 0. The molecule has 0 fully saturated rings. The standard InChI is InChI=1S/C25H22N2/c26-17-18-15-23-21(19-7-3-1-4-8-19)11-13-27-14-12-22(24(16-18)25(23)27)20-9-5-2-6-10-20/h1-10,15-16,21-22H,11-14H2. The fourth-order valence-electron chi connectivity index (χ4n) is 4.92. The largest absolute Gasteiger partial charge is 0.371 e. The van der Waals surface area contributed by atoms with Crippen LogP contribution in [-0.4, -0.2) is 13.1 Å². The van der Waals surface area contributed by atoms with Gasteiger partial charge in [-0.15, -0.1) is 0 Å². The van der Waals surface area contributed by atoms with E-state index < -0.39 is 0 Å². The van der Waals surface area contributed by atoms with Crippen molar-refractivity contribution in [2.75, 3.05) is 18.0 Å². The number of hydrogen-bond acceptors (Lipinski definition) is 2. The van der Waals surface area contributed by atoms with Gasteiger partial charge in [-0.25, -0.2) is 0 Å². The molecule has 0 saturated carbocycles. The summed E-state index contributed by atoms with van der Waals surface area (Å²) in [6.07, 6.45) is 2.22. The molecular formula is C25H22N2. The molecule has 2 unspecified atom stereocenters. The lowest BCUT2D eigenvalue weighted by atomic mass is 9.76. The second-order valence-electron chi connectivity index (χ2n) is 7.61. The van der Waals surface area contributed by atoms with Crippen LogP contribution in [0.25, 0.3) is 0 Å². The molecule has 0 aromatic heterocycles. The van der Waals surface area contributed by atoms with Gasteiger partial charge < -0.3 is 4.90 Å². The first-order valence-corrected chi connectivity index (χ1v) is 9.78. The van der Waals surface area contributed by atoms with E-state index >= 15 is 0 Å². The van der Waals surface area contributed by atoms with Gasteiger partial charge >= 0.3 is 0 Å². The Labute approximate surface area is 160 Å². The molecule has 5 rings (SSSR count). The van der Waals surface area contributed by atoms with Crippen molar-refractivity contribution in [2.24, 2.45) is 0 Å². The molecule has 0 saturated heterocycles. The van der Waals surface area contributed by atoms with E-state index in [4.69, 9.17) is 0 Å². The Hall–Kier alpha value is -3.05. The fourth-order valence-corrected chi connectivity index (χ4v) is 4.92. The summed E-state index contributed by atoms with van der Waals surface area (Å²) in [6.45, 7) is 2.18. The highest BCUT2D eigenvalue weighted by Crippen LogP contribution is 2.48. The van der Waals surface area contributed by atoms with Crippen molar-refractivity contribution in [3.8, 4) is 6.07 Å². The lowest BCUT2D eigenvalue weighted by molar-refractivity contribution is 0.571. The number of benzene rings is 3. The zero-order valence-corrected chi connectivity index (χ0v) is 15.3. The molecule has 27 heavy (non-hydrogen) atoms. The summed E-state index contributed by atoms with van der Waals surface area (Å²) >= 11 is 0. The van der Waals surface area contributed by atoms with Gasteiger partial charge in [-0.05, 0) is 47.2 Å². The van der Waals surface area contributed by atoms with E-state index in [-0.39, 0.29) is 0 Å². The van der Waals surface area contributed by atoms with E-state index in [0.29, 0.717) is 11.8 Å². The zero-order valence-electron chi connectivity index (χ0n) is 15.3. The van der Waals surface area contributed by atoms with Gasteiger partial charge in [-0.3, -0.25) is 0 Å². The van der Waals surface area contributed by atoms with Crippen LogP contribution < -0.4 is 4.90 Å². The van der Waals surface area contributed by atoms with Crippen LogP contribution in [0.3, 0.4) is 0 Å². The summed E-state index contributed by atoms with van der Waals surface area (Å²) in [5.41, 5.74) is 7.56. The second kappa shape index (κ2) is 6.59. The van der Waals surface area contributed by atoms with Crippen LogP contribution in [0.4, 0.5) is 5.69 Å². The number of nitrogens with zero attached hydrogens (tertiary/aromatic N) is 2. The van der Waals surface area contributed by atoms with Gasteiger partial charge in [-0.2, -0.15) is 5.26 Å². The van der Waals surface area contributed by atoms with E-state index in [2.05, 4.69) is 83.8 Å². The molecule has 2 nitrogen and oxygen atoms in total. The van der Waals surface area contributed by atoms with Crippen LogP contribution in [-0.2, 0) is 0 Å². The highest BCUT2D eigenvalue weighted by atomic mass is 15.1. The third-order valence-corrected chi connectivity index (χ3v) is 6.14. The minimum Gasteiger partial charge on any atom is -0.371 e. The monoisotopic (exact) mass is 350 g/mol. The van der Waals surface area contributed by atoms with Crippen LogP contribution in [0.15, 0.2) is 72.8 Å². The molecule has 3 aromatic rings. The molecular weight excluding hydrogens is 328 g/mol. The molecule has 0 N–H and O–H groups in total. The molecule has 0 amide bonds. The molecule has 2 atom stereocenters. The minimum absolute atomic E-state index is 0.374. The van der Waals surface area contributed by atoms with Crippen LogP contribution in [0.5, 0.6) is 0 Å². The summed E-state index contributed by atoms with van der Waals surface area (Å²) < 4.78 is 0. The summed E-state index contributed by atoms with van der Waals surface area (Å²) in [5, 5.41) is 9.69. The van der Waals surface area contributed by atoms with E-state index in [0.717, 1.165) is 31.5 Å². The molecule has 0 radical (unpaired) electrons. The summed E-state index contributed by atoms with van der Waals surface area (Å²) in [4.78, 5) is 2.55. The van der Waals surface area contributed by atoms with Gasteiger partial charge in [0.1, 0.15) is 0 Å². The molecule has 2 heteroatoms. The van der Waals surface area contributed by atoms with Gasteiger partial charge in [0.25, 0.3) is 0 Å². The third kappa shape index (κ3) is 2.71. The fraction of sp³-hybridized carbons (Fsp3) is 0.240. The Morgan fingerprint density at radius 3 is 1.67 bits per heavy atom. The lowest BCUT2D eigenvalue weighted by Crippen LogP contribution is -2.37. The van der Waals surface area contributed by atoms with Gasteiger partial charge in [0, 0.05) is 30.6 Å². The van der Waals surface area contributed by atoms with Crippen molar-refractivity contribution in [1.82, 2.24) is 0 Å². The average molecular weight is 350 g/mol. The molecule has 2 heterocycles. The Bertz CT molecular complexity index is 929. The molecule has 3 aromatic carbocycles. The van der Waals surface area contributed by atoms with Crippen molar-refractivity contribution in [1.29, 1.82) is 5.26 Å². The van der Waals surface area contributed by atoms with Crippen LogP contribution >= 0.6 is 0 Å². The minimum atomic E-state index is 0.374. The smallest absolute Gasteiger partial charge is 0.0991 e. The molecule has 2 aliphatic heterocycles. The van der Waals surface area contributed by atoms with Gasteiger partial charge in [-0.1, -0.05) is 60.7 Å². The van der Waals surface area contributed by atoms with Crippen LogP contribution in [0.2, 0.25) is 0 Å². The van der Waals surface area contributed by atoms with Crippen molar-refractivity contribution in [2.45, 2.75) is 24.7 Å². The maximum atomic E-state index is 9.69. The average Bonchev–Trinajstić information content (AvgIpc) is 2.75. The number of nitriles is 1. The van der Waals surface area contributed by atoms with Crippen molar-refractivity contribution in [3.63, 3.8) is 0 Å². The Kier molecular flexibility index (Phi) is 3.94. The third-order valence-electron chi connectivity index (χ3n) is 6.14. The van der Waals surface area contributed by atoms with Gasteiger partial charge in [0.05, 0.1) is 11.6 Å². The molecule has 0 bridgehead atoms. The highest BCUT2D eigenvalue weighted by molar-refractivity contribution is 5.70. The first-order valence-electron chi connectivity index (χ1n) is 9.78. The molecule has 0 spiro atoms. The molecule has 0 aliphatic carbocycles. The second-order valence-corrected chi connectivity index (χ2v) is 7.61. The zero-order chi connectivity index (χ0) is 18.2. The normalized spacial score (nSPS) is 20.6. The van der Waals surface area contributed by atoms with Crippen molar-refractivity contribution >= 4 is 5.69 Å². The SMILES string of the molecule is N#Cc1cc2c3c(c1)C(c1ccccc1)CCN3CCC2c1ccccc1. The summed E-state index contributed by atoms with van der Waals surface area (Å²) in [6, 6.07) is 28.2. The Balaban J connectivity index is 1.71. The maximum absolute atomic E-state index is 9.69. The Morgan fingerprint density at radius 2 is 1.22 bits per heavy atom. The lowest BCUT2D eigenvalue weighted by Gasteiger charge is -2.43. The van der Waals surface area contributed by atoms with E-state index in [1.807, 2.05) is 0 Å². The quantitative estimate of drug-likeness (QED) is 0.616. The first kappa shape index (κ1) is 16.1.